The molecule has 1 aromatic rings. The Balaban J connectivity index is 1.98. The van der Waals surface area contributed by atoms with E-state index in [0.717, 1.165) is 29.0 Å². The van der Waals surface area contributed by atoms with E-state index in [1.165, 1.54) is 26.0 Å². The lowest BCUT2D eigenvalue weighted by atomic mass is 9.87. The Labute approximate surface area is 176 Å². The summed E-state index contributed by atoms with van der Waals surface area (Å²) in [5, 5.41) is 0.910. The molecule has 2 heterocycles. The number of benzene rings is 1. The summed E-state index contributed by atoms with van der Waals surface area (Å²) in [7, 11) is -4.29. The highest BCUT2D eigenvalue weighted by atomic mass is 32.2. The van der Waals surface area contributed by atoms with E-state index >= 15 is 0 Å². The first-order chi connectivity index (χ1) is 14.0. The third-order valence-electron chi connectivity index (χ3n) is 5.16. The summed E-state index contributed by atoms with van der Waals surface area (Å²) in [5.74, 6) is -3.23. The van der Waals surface area contributed by atoms with Crippen LogP contribution in [0.15, 0.2) is 40.8 Å². The highest BCUT2D eigenvalue weighted by Gasteiger charge is 2.62. The number of carbonyl (C=O) groups is 2. The summed E-state index contributed by atoms with van der Waals surface area (Å²) < 4.78 is 41.8. The molecule has 0 aromatic heterocycles. The second kappa shape index (κ2) is 8.13. The summed E-state index contributed by atoms with van der Waals surface area (Å²) in [6.07, 6.45) is 4.22. The largest absolute Gasteiger partial charge is 0.421 e. The van der Waals surface area contributed by atoms with Crippen molar-refractivity contribution in [3.8, 4) is 0 Å². The van der Waals surface area contributed by atoms with Crippen LogP contribution in [0, 0.1) is 6.92 Å². The first-order valence-electron chi connectivity index (χ1n) is 9.94. The average molecular weight is 438 g/mol. The molecule has 1 spiro atoms. The van der Waals surface area contributed by atoms with Gasteiger partial charge >= 0.3 is 22.1 Å². The van der Waals surface area contributed by atoms with Crippen molar-refractivity contribution in [1.29, 1.82) is 0 Å². The third kappa shape index (κ3) is 4.28. The highest BCUT2D eigenvalue weighted by Crippen LogP contribution is 2.38. The van der Waals surface area contributed by atoms with Crippen molar-refractivity contribution in [2.24, 2.45) is 0 Å². The Bertz CT molecular complexity index is 944. The number of esters is 2. The van der Waals surface area contributed by atoms with Crippen LogP contribution in [0.4, 0.5) is 0 Å². The molecule has 2 aliphatic rings. The van der Waals surface area contributed by atoms with E-state index in [4.69, 9.17) is 13.8 Å². The first-order valence-corrected chi connectivity index (χ1v) is 11.3. The zero-order valence-electron chi connectivity index (χ0n) is 17.6. The van der Waals surface area contributed by atoms with Crippen LogP contribution >= 0.6 is 0 Å². The van der Waals surface area contributed by atoms with Crippen molar-refractivity contribution in [3.05, 3.63) is 41.5 Å². The van der Waals surface area contributed by atoms with Gasteiger partial charge in [0.2, 0.25) is 5.54 Å². The number of rotatable bonds is 6. The lowest BCUT2D eigenvalue weighted by Gasteiger charge is -2.45. The van der Waals surface area contributed by atoms with Crippen LogP contribution in [0.25, 0.3) is 0 Å². The van der Waals surface area contributed by atoms with Crippen molar-refractivity contribution in [3.63, 3.8) is 0 Å². The van der Waals surface area contributed by atoms with Crippen molar-refractivity contribution in [2.75, 3.05) is 6.54 Å². The van der Waals surface area contributed by atoms with Crippen LogP contribution < -0.4 is 0 Å². The molecule has 9 heteroatoms. The molecule has 0 amide bonds. The zero-order valence-corrected chi connectivity index (χ0v) is 18.5. The molecule has 0 unspecified atom stereocenters. The lowest BCUT2D eigenvalue weighted by molar-refractivity contribution is -0.269. The van der Waals surface area contributed by atoms with Crippen molar-refractivity contribution in [2.45, 2.75) is 69.6 Å². The minimum atomic E-state index is -4.29. The van der Waals surface area contributed by atoms with Crippen LogP contribution in [0.1, 0.15) is 52.0 Å². The molecular formula is C21H27NO7S. The Morgan fingerprint density at radius 1 is 1.10 bits per heavy atom. The minimum Gasteiger partial charge on any atom is -0.421 e. The number of unbranched alkanes of at least 4 members (excludes halogenated alkanes) is 1. The fraction of sp³-hybridized carbons (Fsp3) is 0.524. The molecule has 1 fully saturated rings. The van der Waals surface area contributed by atoms with Crippen molar-refractivity contribution in [1.82, 2.24) is 5.06 Å². The maximum absolute atomic E-state index is 12.9. The molecule has 0 saturated carbocycles. The van der Waals surface area contributed by atoms with E-state index in [9.17, 15) is 18.0 Å². The molecule has 30 heavy (non-hydrogen) atoms. The van der Waals surface area contributed by atoms with E-state index in [1.54, 1.807) is 18.2 Å². The molecule has 0 radical (unpaired) electrons. The number of hydroxylamine groups is 2. The molecule has 3 rings (SSSR count). The SMILES string of the molecule is CCCCC1=CCC2(C(=O)OC(C)(C)OC2=O)N(OS(=O)(=O)c2ccc(C)cc2)C1. The zero-order chi connectivity index (χ0) is 22.2. The summed E-state index contributed by atoms with van der Waals surface area (Å²) >= 11 is 0. The minimum absolute atomic E-state index is 0.0320. The molecule has 0 N–H and O–H groups in total. The predicted molar refractivity (Wildman–Crippen MR) is 107 cm³/mol. The van der Waals surface area contributed by atoms with Crippen LogP contribution in [0.5, 0.6) is 0 Å². The second-order valence-electron chi connectivity index (χ2n) is 8.09. The lowest BCUT2D eigenvalue weighted by Crippen LogP contribution is -2.68. The normalized spacial score (nSPS) is 21.1. The van der Waals surface area contributed by atoms with Gasteiger partial charge in [0.05, 0.1) is 4.90 Å². The van der Waals surface area contributed by atoms with Gasteiger partial charge in [-0.05, 0) is 31.9 Å². The summed E-state index contributed by atoms with van der Waals surface area (Å²) in [6.45, 7) is 6.72. The Morgan fingerprint density at radius 3 is 2.27 bits per heavy atom. The fourth-order valence-corrected chi connectivity index (χ4v) is 4.38. The fourth-order valence-electron chi connectivity index (χ4n) is 3.41. The van der Waals surface area contributed by atoms with Crippen LogP contribution in [-0.4, -0.2) is 43.3 Å². The van der Waals surface area contributed by atoms with Gasteiger partial charge in [-0.15, -0.1) is 5.06 Å². The van der Waals surface area contributed by atoms with Gasteiger partial charge in [-0.25, -0.2) is 9.59 Å². The summed E-state index contributed by atoms with van der Waals surface area (Å²) in [6, 6.07) is 6.10. The third-order valence-corrected chi connectivity index (χ3v) is 6.39. The second-order valence-corrected chi connectivity index (χ2v) is 9.62. The quantitative estimate of drug-likeness (QED) is 0.380. The van der Waals surface area contributed by atoms with Gasteiger partial charge in [0.25, 0.3) is 5.79 Å². The summed E-state index contributed by atoms with van der Waals surface area (Å²) in [4.78, 5) is 25.8. The molecule has 8 nitrogen and oxygen atoms in total. The van der Waals surface area contributed by atoms with Gasteiger partial charge in [-0.1, -0.05) is 42.7 Å². The molecule has 0 bridgehead atoms. The van der Waals surface area contributed by atoms with E-state index in [1.807, 2.05) is 13.8 Å². The van der Waals surface area contributed by atoms with Gasteiger partial charge in [0, 0.05) is 26.8 Å². The van der Waals surface area contributed by atoms with Crippen molar-refractivity contribution < 1.29 is 31.8 Å². The average Bonchev–Trinajstić information content (AvgIpc) is 2.64. The topological polar surface area (TPSA) is 99.2 Å². The van der Waals surface area contributed by atoms with Gasteiger partial charge in [0.15, 0.2) is 0 Å². The first kappa shape index (κ1) is 22.5. The van der Waals surface area contributed by atoms with E-state index in [2.05, 4.69) is 0 Å². The molecule has 2 aliphatic heterocycles. The van der Waals surface area contributed by atoms with E-state index in [0.29, 0.717) is 6.42 Å². The molecule has 1 aromatic carbocycles. The Hall–Kier alpha value is -2.23. The number of hydrogen-bond acceptors (Lipinski definition) is 8. The molecule has 1 saturated heterocycles. The van der Waals surface area contributed by atoms with Crippen molar-refractivity contribution >= 4 is 22.1 Å². The molecular weight excluding hydrogens is 410 g/mol. The van der Waals surface area contributed by atoms with Crippen LogP contribution in [0.2, 0.25) is 0 Å². The molecule has 164 valence electrons. The van der Waals surface area contributed by atoms with Gasteiger partial charge in [0.1, 0.15) is 0 Å². The van der Waals surface area contributed by atoms with Crippen LogP contribution in [0.3, 0.4) is 0 Å². The number of aryl methyl sites for hydroxylation is 1. The Kier molecular flexibility index (Phi) is 6.08. The maximum Gasteiger partial charge on any atom is 0.344 e. The maximum atomic E-state index is 12.9. The van der Waals surface area contributed by atoms with Crippen LogP contribution in [-0.2, 0) is 33.5 Å². The predicted octanol–water partition coefficient (Wildman–Crippen LogP) is 3.01. The monoisotopic (exact) mass is 437 g/mol. The number of cyclic esters (lactones) is 2. The standard InChI is InChI=1S/C21H27NO7S/c1-5-6-7-16-12-13-21(18(23)27-20(3,4)28-19(21)24)22(14-16)29-30(25,26)17-10-8-15(2)9-11-17/h8-12H,5-7,13-14H2,1-4H3. The Morgan fingerprint density at radius 2 is 1.70 bits per heavy atom. The smallest absolute Gasteiger partial charge is 0.344 e. The van der Waals surface area contributed by atoms with E-state index < -0.39 is 33.4 Å². The molecule has 0 atom stereocenters. The number of nitrogens with zero attached hydrogens (tertiary/aromatic N) is 1. The van der Waals surface area contributed by atoms with Gasteiger partial charge in [-0.2, -0.15) is 12.7 Å². The van der Waals surface area contributed by atoms with E-state index in [-0.39, 0.29) is 17.9 Å². The highest BCUT2D eigenvalue weighted by molar-refractivity contribution is 7.86. The summed E-state index contributed by atoms with van der Waals surface area (Å²) in [5.41, 5.74) is -0.245. The number of hydrogen-bond donors (Lipinski definition) is 0. The molecule has 0 aliphatic carbocycles. The number of ether oxygens (including phenoxy) is 2. The van der Waals surface area contributed by atoms with Gasteiger partial charge in [-0.3, -0.25) is 0 Å². The number of carbonyl (C=O) groups excluding carboxylic acids is 2. The van der Waals surface area contributed by atoms with Gasteiger partial charge < -0.3 is 9.47 Å².